The van der Waals surface area contributed by atoms with Crippen LogP contribution in [0, 0.1) is 0 Å². The van der Waals surface area contributed by atoms with Gasteiger partial charge in [0, 0.05) is 24.5 Å². The third-order valence-electron chi connectivity index (χ3n) is 2.88. The molecule has 3 heterocycles. The number of nitrogens with zero attached hydrogens (tertiary/aromatic N) is 2. The topological polar surface area (TPSA) is 42.2 Å². The molecule has 0 aliphatic carbocycles. The van der Waals surface area contributed by atoms with E-state index in [1.807, 2.05) is 6.08 Å². The normalized spacial score (nSPS) is 16.5. The first-order valence-corrected chi connectivity index (χ1v) is 6.91. The molecule has 0 fully saturated rings. The Bertz CT molecular complexity index is 541. The van der Waals surface area contributed by atoms with Crippen LogP contribution < -0.4 is 5.73 Å². The highest BCUT2D eigenvalue weighted by Crippen LogP contribution is 2.38. The van der Waals surface area contributed by atoms with E-state index in [0.717, 1.165) is 30.9 Å². The van der Waals surface area contributed by atoms with Crippen molar-refractivity contribution in [3.05, 3.63) is 23.1 Å². The Morgan fingerprint density at radius 3 is 3.19 bits per heavy atom. The van der Waals surface area contributed by atoms with Gasteiger partial charge in [-0.25, -0.2) is 4.98 Å². The molecule has 0 radical (unpaired) electrons. The maximum Gasteiger partial charge on any atom is 0.181 e. The standard InChI is InChI=1S/C11H13N3S2/c1-2-4-14-5-3-7-8(6-14)15-10-9(7)16-11(12)13-10/h2H,1,3-6H2,(H2,12,13). The highest BCUT2D eigenvalue weighted by molar-refractivity contribution is 7.29. The number of hydrogen-bond acceptors (Lipinski definition) is 5. The molecule has 84 valence electrons. The van der Waals surface area contributed by atoms with Crippen molar-refractivity contribution in [3.8, 4) is 0 Å². The molecule has 2 N–H and O–H groups in total. The van der Waals surface area contributed by atoms with Crippen molar-refractivity contribution in [1.29, 1.82) is 0 Å². The van der Waals surface area contributed by atoms with Gasteiger partial charge in [-0.3, -0.25) is 4.90 Å². The number of nitrogen functional groups attached to an aromatic ring is 1. The van der Waals surface area contributed by atoms with Gasteiger partial charge in [-0.15, -0.1) is 17.9 Å². The molecule has 3 nitrogen and oxygen atoms in total. The van der Waals surface area contributed by atoms with Gasteiger partial charge < -0.3 is 5.73 Å². The fourth-order valence-corrected chi connectivity index (χ4v) is 4.53. The largest absolute Gasteiger partial charge is 0.375 e. The third-order valence-corrected chi connectivity index (χ3v) is 5.06. The predicted octanol–water partition coefficient (Wildman–Crippen LogP) is 2.48. The Balaban J connectivity index is 2.00. The number of rotatable bonds is 2. The van der Waals surface area contributed by atoms with Crippen LogP contribution in [0.3, 0.4) is 0 Å². The summed E-state index contributed by atoms with van der Waals surface area (Å²) in [6.07, 6.45) is 3.09. The Labute approximate surface area is 102 Å². The van der Waals surface area contributed by atoms with Gasteiger partial charge in [-0.05, 0) is 12.0 Å². The van der Waals surface area contributed by atoms with Gasteiger partial charge in [0.25, 0.3) is 0 Å². The molecule has 0 saturated heterocycles. The molecule has 2 aromatic heterocycles. The summed E-state index contributed by atoms with van der Waals surface area (Å²) in [5.74, 6) is 0. The second-order valence-electron chi connectivity index (χ2n) is 3.96. The van der Waals surface area contributed by atoms with Gasteiger partial charge in [0.1, 0.15) is 4.83 Å². The summed E-state index contributed by atoms with van der Waals surface area (Å²) in [4.78, 5) is 9.36. The van der Waals surface area contributed by atoms with E-state index < -0.39 is 0 Å². The molecule has 2 aromatic rings. The Morgan fingerprint density at radius 2 is 2.38 bits per heavy atom. The zero-order valence-corrected chi connectivity index (χ0v) is 10.5. The Morgan fingerprint density at radius 1 is 1.50 bits per heavy atom. The molecular formula is C11H13N3S2. The van der Waals surface area contributed by atoms with E-state index in [4.69, 9.17) is 5.73 Å². The smallest absolute Gasteiger partial charge is 0.181 e. The van der Waals surface area contributed by atoms with Crippen LogP contribution in [0.15, 0.2) is 12.7 Å². The molecule has 16 heavy (non-hydrogen) atoms. The minimum absolute atomic E-state index is 0.692. The Hall–Kier alpha value is -0.910. The number of thiazole rings is 1. The molecular weight excluding hydrogens is 238 g/mol. The molecule has 0 spiro atoms. The number of fused-ring (bicyclic) bond motifs is 3. The summed E-state index contributed by atoms with van der Waals surface area (Å²) < 4.78 is 1.32. The number of hydrogen-bond donors (Lipinski definition) is 1. The van der Waals surface area contributed by atoms with E-state index >= 15 is 0 Å². The van der Waals surface area contributed by atoms with E-state index in [1.165, 1.54) is 15.1 Å². The van der Waals surface area contributed by atoms with Gasteiger partial charge >= 0.3 is 0 Å². The van der Waals surface area contributed by atoms with Crippen molar-refractivity contribution >= 4 is 37.3 Å². The van der Waals surface area contributed by atoms with Crippen molar-refractivity contribution in [2.24, 2.45) is 0 Å². The quantitative estimate of drug-likeness (QED) is 0.834. The molecule has 5 heteroatoms. The number of nitrogens with two attached hydrogens (primary N) is 1. The summed E-state index contributed by atoms with van der Waals surface area (Å²) in [6, 6.07) is 0. The van der Waals surface area contributed by atoms with E-state index in [9.17, 15) is 0 Å². The van der Waals surface area contributed by atoms with Crippen LogP contribution in [-0.2, 0) is 13.0 Å². The van der Waals surface area contributed by atoms with Crippen molar-refractivity contribution < 1.29 is 0 Å². The average Bonchev–Trinajstić information content (AvgIpc) is 2.73. The second kappa shape index (κ2) is 3.84. The lowest BCUT2D eigenvalue weighted by atomic mass is 10.1. The first-order chi connectivity index (χ1) is 7.78. The highest BCUT2D eigenvalue weighted by atomic mass is 32.1. The van der Waals surface area contributed by atoms with Gasteiger partial charge in [-0.1, -0.05) is 17.4 Å². The molecule has 1 aliphatic rings. The number of thiophene rings is 1. The van der Waals surface area contributed by atoms with E-state index in [1.54, 1.807) is 22.7 Å². The summed E-state index contributed by atoms with van der Waals surface area (Å²) in [5, 5.41) is 0.692. The molecule has 0 amide bonds. The molecule has 3 rings (SSSR count). The van der Waals surface area contributed by atoms with Crippen LogP contribution in [0.4, 0.5) is 5.13 Å². The highest BCUT2D eigenvalue weighted by Gasteiger charge is 2.22. The SMILES string of the molecule is C=CCN1CCc2c(sc3nc(N)sc23)C1. The molecule has 0 unspecified atom stereocenters. The lowest BCUT2D eigenvalue weighted by Gasteiger charge is -2.25. The maximum atomic E-state index is 5.73. The monoisotopic (exact) mass is 251 g/mol. The number of aromatic nitrogens is 1. The fourth-order valence-electron chi connectivity index (χ4n) is 2.16. The van der Waals surface area contributed by atoms with E-state index in [2.05, 4.69) is 16.5 Å². The van der Waals surface area contributed by atoms with Crippen molar-refractivity contribution in [3.63, 3.8) is 0 Å². The van der Waals surface area contributed by atoms with Crippen molar-refractivity contribution in [2.75, 3.05) is 18.8 Å². The van der Waals surface area contributed by atoms with Crippen LogP contribution in [0.1, 0.15) is 10.4 Å². The van der Waals surface area contributed by atoms with Crippen molar-refractivity contribution in [2.45, 2.75) is 13.0 Å². The van der Waals surface area contributed by atoms with Crippen LogP contribution in [-0.4, -0.2) is 23.0 Å². The lowest BCUT2D eigenvalue weighted by molar-refractivity contribution is 0.286. The van der Waals surface area contributed by atoms with Crippen LogP contribution in [0.25, 0.3) is 9.53 Å². The average molecular weight is 251 g/mol. The zero-order valence-electron chi connectivity index (χ0n) is 8.90. The zero-order chi connectivity index (χ0) is 11.1. The minimum Gasteiger partial charge on any atom is -0.375 e. The summed E-state index contributed by atoms with van der Waals surface area (Å²) in [6.45, 7) is 6.91. The summed E-state index contributed by atoms with van der Waals surface area (Å²) in [5.41, 5.74) is 7.21. The van der Waals surface area contributed by atoms with E-state index in [-0.39, 0.29) is 0 Å². The molecule has 0 atom stereocenters. The third kappa shape index (κ3) is 1.55. The number of anilines is 1. The van der Waals surface area contributed by atoms with Gasteiger partial charge in [0.15, 0.2) is 5.13 Å². The molecule has 0 aromatic carbocycles. The van der Waals surface area contributed by atoms with E-state index in [0.29, 0.717) is 5.13 Å². The van der Waals surface area contributed by atoms with Crippen LogP contribution in [0.2, 0.25) is 0 Å². The first-order valence-electron chi connectivity index (χ1n) is 5.27. The lowest BCUT2D eigenvalue weighted by Crippen LogP contribution is -2.29. The second-order valence-corrected chi connectivity index (χ2v) is 6.08. The summed E-state index contributed by atoms with van der Waals surface area (Å²) >= 11 is 3.42. The minimum atomic E-state index is 0.692. The molecule has 1 aliphatic heterocycles. The fraction of sp³-hybridized carbons (Fsp3) is 0.364. The van der Waals surface area contributed by atoms with Crippen molar-refractivity contribution in [1.82, 2.24) is 9.88 Å². The van der Waals surface area contributed by atoms with Gasteiger partial charge in [0.05, 0.1) is 4.70 Å². The molecule has 0 bridgehead atoms. The van der Waals surface area contributed by atoms with Crippen LogP contribution in [0.5, 0.6) is 0 Å². The van der Waals surface area contributed by atoms with Gasteiger partial charge in [0.2, 0.25) is 0 Å². The first kappa shape index (κ1) is 10.3. The van der Waals surface area contributed by atoms with Crippen LogP contribution >= 0.6 is 22.7 Å². The predicted molar refractivity (Wildman–Crippen MR) is 71.1 cm³/mol. The Kier molecular flexibility index (Phi) is 2.46. The van der Waals surface area contributed by atoms with Gasteiger partial charge in [-0.2, -0.15) is 0 Å². The maximum absolute atomic E-state index is 5.73. The summed E-state index contributed by atoms with van der Waals surface area (Å²) in [7, 11) is 0. The molecule has 0 saturated carbocycles.